The number of methoxy groups -OCH3 is 2. The fourth-order valence-electron chi connectivity index (χ4n) is 5.11. The van der Waals surface area contributed by atoms with Crippen molar-refractivity contribution in [3.05, 3.63) is 74.3 Å². The van der Waals surface area contributed by atoms with E-state index in [0.29, 0.717) is 0 Å². The molecule has 0 saturated heterocycles. The van der Waals surface area contributed by atoms with E-state index in [2.05, 4.69) is 139 Å². The molecule has 0 spiro atoms. The molecular formula is C44H62BI2N6O2S6Sn3. The second kappa shape index (κ2) is 31.7. The van der Waals surface area contributed by atoms with Gasteiger partial charge in [-0.15, -0.1) is 23.1 Å². The topological polar surface area (TPSA) is 95.8 Å². The van der Waals surface area contributed by atoms with E-state index >= 15 is 0 Å². The van der Waals surface area contributed by atoms with Crippen molar-refractivity contribution in [2.24, 2.45) is 0 Å². The predicted octanol–water partition coefficient (Wildman–Crippen LogP) is 15.1. The van der Waals surface area contributed by atoms with Crippen molar-refractivity contribution in [1.29, 1.82) is 0 Å². The summed E-state index contributed by atoms with van der Waals surface area (Å²) < 4.78 is 14.3. The van der Waals surface area contributed by atoms with Crippen LogP contribution < -0.4 is 13.1 Å². The Morgan fingerprint density at radius 2 is 0.953 bits per heavy atom. The van der Waals surface area contributed by atoms with E-state index in [0.717, 1.165) is 50.6 Å². The van der Waals surface area contributed by atoms with Gasteiger partial charge >= 0.3 is 219 Å². The van der Waals surface area contributed by atoms with Gasteiger partial charge < -0.3 is 4.74 Å². The second-order valence-electron chi connectivity index (χ2n) is 15.1. The number of hydrogen-bond donors (Lipinski definition) is 0. The Hall–Kier alpha value is 0.521. The van der Waals surface area contributed by atoms with Gasteiger partial charge in [0.05, 0.1) is 15.6 Å². The van der Waals surface area contributed by atoms with Crippen LogP contribution in [0.3, 0.4) is 0 Å². The maximum absolute atomic E-state index is 5.28. The summed E-state index contributed by atoms with van der Waals surface area (Å²) in [4.78, 5) is 52.9. The molecule has 64 heavy (non-hydrogen) atoms. The van der Waals surface area contributed by atoms with Gasteiger partial charge in [-0.05, 0) is 93.8 Å². The SMILES string of the molecule is C.COc1ccc(-c2sc3nc(SC)ncc3[c]2[Sn]([CH3])([CH3])[CH3])cc1.COc1ccc(-c2sc3nc(SC)ncc3c2I)cc1.CSc1ncc(I)c(SC)n1.[2HH].[B].[CH3][Sn]([CH3])[CH3].[CH3][Sn]([CH3])[CH3]. The van der Waals surface area contributed by atoms with E-state index in [-0.39, 0.29) is 17.3 Å². The van der Waals surface area contributed by atoms with Crippen LogP contribution in [-0.2, 0) is 0 Å². The van der Waals surface area contributed by atoms with Crippen molar-refractivity contribution in [2.75, 3.05) is 39.2 Å². The molecule has 0 aliphatic rings. The number of rotatable bonds is 9. The molecule has 0 N–H and O–H groups in total. The van der Waals surface area contributed by atoms with Crippen molar-refractivity contribution >= 4 is 205 Å². The number of aromatic nitrogens is 6. The first-order chi connectivity index (χ1) is 29.4. The zero-order valence-electron chi connectivity index (χ0n) is 38.6. The van der Waals surface area contributed by atoms with E-state index < -0.39 is 57.9 Å². The van der Waals surface area contributed by atoms with Crippen LogP contribution in [0.15, 0.2) is 87.6 Å². The van der Waals surface area contributed by atoms with Crippen molar-refractivity contribution in [2.45, 2.75) is 72.4 Å². The quantitative estimate of drug-likeness (QED) is 0.0453. The van der Waals surface area contributed by atoms with Crippen LogP contribution in [0.4, 0.5) is 0 Å². The van der Waals surface area contributed by atoms with Crippen molar-refractivity contribution < 1.29 is 10.9 Å². The van der Waals surface area contributed by atoms with Crippen molar-refractivity contribution in [3.8, 4) is 32.4 Å². The summed E-state index contributed by atoms with van der Waals surface area (Å²) in [5.41, 5.74) is 2.44. The van der Waals surface area contributed by atoms with Gasteiger partial charge in [0, 0.05) is 31.2 Å². The molecule has 7 rings (SSSR count). The third-order valence-corrected chi connectivity index (χ3v) is 21.3. The van der Waals surface area contributed by atoms with E-state index in [4.69, 9.17) is 14.5 Å². The Bertz CT molecular complexity index is 2460. The molecule has 2 aromatic carbocycles. The summed E-state index contributed by atoms with van der Waals surface area (Å²) in [6.07, 6.45) is 13.8. The first-order valence-corrected chi connectivity index (χ1v) is 55.0. The molecule has 0 bridgehead atoms. The Balaban J connectivity index is 0.000000887. The molecular weight excluding hydrogens is 1460 g/mol. The summed E-state index contributed by atoms with van der Waals surface area (Å²) in [5, 5.41) is 5.94. The molecule has 20 heteroatoms. The summed E-state index contributed by atoms with van der Waals surface area (Å²) in [6.45, 7) is 0. The van der Waals surface area contributed by atoms with Gasteiger partial charge in [-0.3, -0.25) is 0 Å². The molecule has 345 valence electrons. The molecule has 0 fully saturated rings. The number of nitrogens with zero attached hydrogens (tertiary/aromatic N) is 6. The van der Waals surface area contributed by atoms with Crippen LogP contribution in [0.2, 0.25) is 44.5 Å². The maximum atomic E-state index is 5.28. The van der Waals surface area contributed by atoms with Crippen LogP contribution in [0, 0.1) is 7.14 Å². The third-order valence-electron chi connectivity index (χ3n) is 7.68. The van der Waals surface area contributed by atoms with Crippen LogP contribution >= 0.6 is 115 Å². The fourth-order valence-corrected chi connectivity index (χ4v) is 18.9. The Morgan fingerprint density at radius 1 is 0.578 bits per heavy atom. The van der Waals surface area contributed by atoms with E-state index in [9.17, 15) is 0 Å². The van der Waals surface area contributed by atoms with Crippen LogP contribution in [0.5, 0.6) is 11.5 Å². The average molecular weight is 1520 g/mol. The summed E-state index contributed by atoms with van der Waals surface area (Å²) in [5.74, 6) is 1.76. The zero-order chi connectivity index (χ0) is 46.1. The molecule has 5 heterocycles. The predicted molar refractivity (Wildman–Crippen MR) is 318 cm³/mol. The van der Waals surface area contributed by atoms with Gasteiger partial charge in [0.2, 0.25) is 0 Å². The molecule has 5 radical (unpaired) electrons. The number of benzene rings is 2. The number of fused-ring (bicyclic) bond motifs is 2. The Labute approximate surface area is 457 Å². The monoisotopic (exact) mass is 1520 g/mol. The van der Waals surface area contributed by atoms with Gasteiger partial charge in [-0.1, -0.05) is 31.0 Å². The van der Waals surface area contributed by atoms with Gasteiger partial charge in [0.25, 0.3) is 0 Å². The van der Waals surface area contributed by atoms with E-state index in [1.807, 2.05) is 67.9 Å². The molecule has 0 saturated carbocycles. The minimum atomic E-state index is -2.33. The standard InChI is InChI=1S/C14H11IN2OS2.C14H11N2OS2.C6H7IN2S2.CH4.9CH3.B.3Sn.H2/c1-18-9-5-3-8(4-6-9)12-11(15)10-7-16-14(19-2)17-13(10)20-12;1-17-11-5-3-9(4-6-11)12-7-10-8-15-14(18-2)16-13(10)19-12;1-10-5-4(7)3-8-6(9-5)11-2;;;;;;;;;;;;;;;/h3-7H,1-2H3;3-6,8H,1-2H3;3H,1-2H3;1H4;9*1H3;;;;;1H/i;;;;;;;;;;;;;;;;;1+1. The summed E-state index contributed by atoms with van der Waals surface area (Å²) in [6, 6.07) is 16.5. The fraction of sp³-hybridized carbons (Fsp3) is 0.364. The minimum absolute atomic E-state index is 0. The van der Waals surface area contributed by atoms with Gasteiger partial charge in [-0.2, -0.15) is 0 Å². The van der Waals surface area contributed by atoms with Gasteiger partial charge in [-0.25, -0.2) is 19.9 Å². The van der Waals surface area contributed by atoms with Crippen LogP contribution in [-0.4, -0.2) is 135 Å². The number of halogens is 2. The molecule has 5 aromatic heterocycles. The molecule has 0 aliphatic carbocycles. The molecule has 8 nitrogen and oxygen atoms in total. The van der Waals surface area contributed by atoms with Crippen LogP contribution in [0.1, 0.15) is 8.85 Å². The normalized spacial score (nSPS) is 10.5. The van der Waals surface area contributed by atoms with Crippen LogP contribution in [0.25, 0.3) is 41.3 Å². The molecule has 0 unspecified atom stereocenters. The van der Waals surface area contributed by atoms with Crippen molar-refractivity contribution in [1.82, 2.24) is 29.9 Å². The zero-order valence-corrected chi connectivity index (χ0v) is 56.4. The number of thiophene rings is 2. The second-order valence-corrected chi connectivity index (χ2v) is 53.9. The average Bonchev–Trinajstić information content (AvgIpc) is 3.81. The number of hydrogen-bond acceptors (Lipinski definition) is 14. The summed E-state index contributed by atoms with van der Waals surface area (Å²) >= 11 is 11.1. The van der Waals surface area contributed by atoms with E-state index in [1.165, 1.54) is 33.4 Å². The van der Waals surface area contributed by atoms with E-state index in [1.54, 1.807) is 83.9 Å². The first kappa shape index (κ1) is 62.5. The summed E-state index contributed by atoms with van der Waals surface area (Å²) in [7, 11) is 3.38. The van der Waals surface area contributed by atoms with Gasteiger partial charge in [0.15, 0.2) is 10.3 Å². The Kier molecular flexibility index (Phi) is 31.0. The van der Waals surface area contributed by atoms with Gasteiger partial charge in [0.1, 0.15) is 15.6 Å². The molecule has 0 amide bonds. The molecule has 0 aliphatic heterocycles. The Morgan fingerprint density at radius 3 is 1.36 bits per heavy atom. The molecule has 0 atom stereocenters. The third kappa shape index (κ3) is 19.7. The molecule has 7 aromatic rings. The number of ether oxygens (including phenoxy) is 2. The van der Waals surface area contributed by atoms with Crippen molar-refractivity contribution in [3.63, 3.8) is 0 Å². The number of thioether (sulfide) groups is 4. The first-order valence-electron chi connectivity index (χ1n) is 19.2.